The molecule has 0 spiro atoms. The van der Waals surface area contributed by atoms with E-state index in [4.69, 9.17) is 5.11 Å². The molecule has 21 heavy (non-hydrogen) atoms. The van der Waals surface area contributed by atoms with Gasteiger partial charge in [0, 0.05) is 19.0 Å². The van der Waals surface area contributed by atoms with Crippen LogP contribution in [-0.4, -0.2) is 48.5 Å². The highest BCUT2D eigenvalue weighted by molar-refractivity contribution is 7.91. The third-order valence-corrected chi connectivity index (χ3v) is 5.54. The monoisotopic (exact) mass is 311 g/mol. The molecule has 0 unspecified atom stereocenters. The standard InChI is InChI=1S/C15H21NO4S/c17-15(18)7-4-9-16(11-13-5-2-1-3-6-13)14-8-10-21(19,20)12-14/h1-3,5-6,14H,4,7-12H2,(H,17,18)/t14-/m0/s1. The predicted octanol–water partition coefficient (Wildman–Crippen LogP) is 1.54. The maximum Gasteiger partial charge on any atom is 0.303 e. The highest BCUT2D eigenvalue weighted by Crippen LogP contribution is 2.20. The average molecular weight is 311 g/mol. The van der Waals surface area contributed by atoms with Crippen LogP contribution in [0.1, 0.15) is 24.8 Å². The molecule has 1 heterocycles. The molecule has 1 aromatic carbocycles. The summed E-state index contributed by atoms with van der Waals surface area (Å²) >= 11 is 0. The Balaban J connectivity index is 2.01. The SMILES string of the molecule is O=C(O)CCCN(Cc1ccccc1)[C@H]1CCS(=O)(=O)C1. The van der Waals surface area contributed by atoms with E-state index in [1.807, 2.05) is 30.3 Å². The van der Waals surface area contributed by atoms with E-state index in [1.165, 1.54) is 0 Å². The van der Waals surface area contributed by atoms with E-state index in [-0.39, 0.29) is 24.0 Å². The van der Waals surface area contributed by atoms with Crippen LogP contribution in [0.3, 0.4) is 0 Å². The van der Waals surface area contributed by atoms with Gasteiger partial charge in [-0.2, -0.15) is 0 Å². The van der Waals surface area contributed by atoms with Crippen molar-refractivity contribution in [1.82, 2.24) is 4.90 Å². The Kier molecular flexibility index (Phi) is 5.36. The highest BCUT2D eigenvalue weighted by Gasteiger charge is 2.32. The van der Waals surface area contributed by atoms with Crippen molar-refractivity contribution in [3.63, 3.8) is 0 Å². The summed E-state index contributed by atoms with van der Waals surface area (Å²) in [7, 11) is -2.93. The van der Waals surface area contributed by atoms with E-state index in [9.17, 15) is 13.2 Å². The van der Waals surface area contributed by atoms with Gasteiger partial charge >= 0.3 is 5.97 Å². The summed E-state index contributed by atoms with van der Waals surface area (Å²) in [4.78, 5) is 12.8. The first-order valence-electron chi connectivity index (χ1n) is 7.16. The molecule has 1 atom stereocenters. The second-order valence-corrected chi connectivity index (χ2v) is 7.74. The van der Waals surface area contributed by atoms with Crippen LogP contribution in [0.2, 0.25) is 0 Å². The van der Waals surface area contributed by atoms with Gasteiger partial charge in [0.15, 0.2) is 9.84 Å². The maximum atomic E-state index is 11.7. The summed E-state index contributed by atoms with van der Waals surface area (Å²) in [5.41, 5.74) is 1.12. The Bertz CT molecular complexity index is 571. The van der Waals surface area contributed by atoms with Crippen LogP contribution in [0, 0.1) is 0 Å². The number of benzene rings is 1. The van der Waals surface area contributed by atoms with Gasteiger partial charge in [-0.05, 0) is 24.9 Å². The Morgan fingerprint density at radius 1 is 1.29 bits per heavy atom. The highest BCUT2D eigenvalue weighted by atomic mass is 32.2. The number of aliphatic carboxylic acids is 1. The molecule has 1 saturated heterocycles. The van der Waals surface area contributed by atoms with E-state index < -0.39 is 15.8 Å². The molecule has 1 N–H and O–H groups in total. The summed E-state index contributed by atoms with van der Waals surface area (Å²) in [6, 6.07) is 9.87. The summed E-state index contributed by atoms with van der Waals surface area (Å²) in [6.45, 7) is 1.28. The lowest BCUT2D eigenvalue weighted by atomic mass is 10.1. The van der Waals surface area contributed by atoms with E-state index in [1.54, 1.807) is 0 Å². The van der Waals surface area contributed by atoms with E-state index in [2.05, 4.69) is 4.90 Å². The zero-order valence-electron chi connectivity index (χ0n) is 11.9. The second-order valence-electron chi connectivity index (χ2n) is 5.51. The molecule has 0 amide bonds. The number of sulfone groups is 1. The van der Waals surface area contributed by atoms with E-state index >= 15 is 0 Å². The van der Waals surface area contributed by atoms with Crippen LogP contribution in [-0.2, 0) is 21.2 Å². The van der Waals surface area contributed by atoms with Gasteiger partial charge in [-0.1, -0.05) is 30.3 Å². The number of rotatable bonds is 7. The topological polar surface area (TPSA) is 74.7 Å². The predicted molar refractivity (Wildman–Crippen MR) is 80.8 cm³/mol. The Morgan fingerprint density at radius 2 is 2.00 bits per heavy atom. The third kappa shape index (κ3) is 5.13. The molecule has 5 nitrogen and oxygen atoms in total. The lowest BCUT2D eigenvalue weighted by Crippen LogP contribution is -2.36. The van der Waals surface area contributed by atoms with Gasteiger partial charge in [-0.3, -0.25) is 9.69 Å². The fourth-order valence-corrected chi connectivity index (χ4v) is 4.47. The summed E-state index contributed by atoms with van der Waals surface area (Å²) in [6.07, 6.45) is 1.30. The minimum absolute atomic E-state index is 0.00370. The molecule has 6 heteroatoms. The molecule has 1 aliphatic rings. The van der Waals surface area contributed by atoms with Crippen molar-refractivity contribution in [1.29, 1.82) is 0 Å². The van der Waals surface area contributed by atoms with Gasteiger partial charge < -0.3 is 5.11 Å². The number of hydrogen-bond donors (Lipinski definition) is 1. The minimum Gasteiger partial charge on any atom is -0.481 e. The van der Waals surface area contributed by atoms with E-state index in [0.717, 1.165) is 5.56 Å². The first kappa shape index (κ1) is 16.0. The van der Waals surface area contributed by atoms with Crippen LogP contribution in [0.15, 0.2) is 30.3 Å². The van der Waals surface area contributed by atoms with Crippen LogP contribution < -0.4 is 0 Å². The lowest BCUT2D eigenvalue weighted by Gasteiger charge is -2.28. The zero-order valence-corrected chi connectivity index (χ0v) is 12.8. The Morgan fingerprint density at radius 3 is 2.57 bits per heavy atom. The number of carboxylic acids is 1. The van der Waals surface area contributed by atoms with Gasteiger partial charge in [-0.15, -0.1) is 0 Å². The van der Waals surface area contributed by atoms with Gasteiger partial charge in [0.25, 0.3) is 0 Å². The Hall–Kier alpha value is -1.40. The number of nitrogens with zero attached hydrogens (tertiary/aromatic N) is 1. The molecule has 1 aliphatic heterocycles. The molecule has 1 aromatic rings. The second kappa shape index (κ2) is 7.04. The van der Waals surface area contributed by atoms with Gasteiger partial charge in [0.2, 0.25) is 0 Å². The first-order chi connectivity index (χ1) is 9.96. The van der Waals surface area contributed by atoms with Crippen molar-refractivity contribution in [3.8, 4) is 0 Å². The lowest BCUT2D eigenvalue weighted by molar-refractivity contribution is -0.137. The molecule has 0 radical (unpaired) electrons. The third-order valence-electron chi connectivity index (χ3n) is 3.79. The summed E-state index contributed by atoms with van der Waals surface area (Å²) in [5.74, 6) is -0.386. The normalized spacial score (nSPS) is 20.7. The maximum absolute atomic E-state index is 11.7. The molecule has 0 aromatic heterocycles. The van der Waals surface area contributed by atoms with Gasteiger partial charge in [0.05, 0.1) is 11.5 Å². The number of hydrogen-bond acceptors (Lipinski definition) is 4. The molecular weight excluding hydrogens is 290 g/mol. The zero-order chi connectivity index (χ0) is 15.3. The van der Waals surface area contributed by atoms with Crippen molar-refractivity contribution in [2.75, 3.05) is 18.1 Å². The molecule has 0 aliphatic carbocycles. The van der Waals surface area contributed by atoms with Crippen molar-refractivity contribution in [3.05, 3.63) is 35.9 Å². The van der Waals surface area contributed by atoms with Crippen LogP contribution >= 0.6 is 0 Å². The number of carboxylic acid groups (broad SMARTS) is 1. The average Bonchev–Trinajstić information content (AvgIpc) is 2.79. The molecule has 2 rings (SSSR count). The quantitative estimate of drug-likeness (QED) is 0.827. The minimum atomic E-state index is -2.93. The van der Waals surface area contributed by atoms with Gasteiger partial charge in [0.1, 0.15) is 0 Å². The van der Waals surface area contributed by atoms with Crippen LogP contribution in [0.25, 0.3) is 0 Å². The van der Waals surface area contributed by atoms with Crippen molar-refractivity contribution >= 4 is 15.8 Å². The summed E-state index contributed by atoms with van der Waals surface area (Å²) in [5, 5.41) is 8.75. The summed E-state index contributed by atoms with van der Waals surface area (Å²) < 4.78 is 23.3. The van der Waals surface area contributed by atoms with Crippen molar-refractivity contribution in [2.45, 2.75) is 31.8 Å². The first-order valence-corrected chi connectivity index (χ1v) is 8.98. The fraction of sp³-hybridized carbons (Fsp3) is 0.533. The van der Waals surface area contributed by atoms with E-state index in [0.29, 0.717) is 25.9 Å². The molecular formula is C15H21NO4S. The van der Waals surface area contributed by atoms with Crippen molar-refractivity contribution in [2.24, 2.45) is 0 Å². The molecule has 116 valence electrons. The number of carbonyl (C=O) groups is 1. The van der Waals surface area contributed by atoms with Crippen molar-refractivity contribution < 1.29 is 18.3 Å². The van der Waals surface area contributed by atoms with Crippen LogP contribution in [0.4, 0.5) is 0 Å². The van der Waals surface area contributed by atoms with Gasteiger partial charge in [-0.25, -0.2) is 8.42 Å². The molecule has 0 bridgehead atoms. The smallest absolute Gasteiger partial charge is 0.303 e. The largest absolute Gasteiger partial charge is 0.481 e. The Labute approximate surface area is 125 Å². The molecule has 1 fully saturated rings. The molecule has 0 saturated carbocycles. The van der Waals surface area contributed by atoms with Crippen LogP contribution in [0.5, 0.6) is 0 Å². The fourth-order valence-electron chi connectivity index (χ4n) is 2.71.